The van der Waals surface area contributed by atoms with Crippen LogP contribution in [-0.2, 0) is 21.2 Å². The van der Waals surface area contributed by atoms with E-state index in [1.54, 1.807) is 23.5 Å². The maximum atomic E-state index is 12.9. The fourth-order valence-electron chi connectivity index (χ4n) is 2.81. The third-order valence-electron chi connectivity index (χ3n) is 4.13. The van der Waals surface area contributed by atoms with Crippen LogP contribution in [0.15, 0.2) is 51.2 Å². The van der Waals surface area contributed by atoms with Crippen molar-refractivity contribution in [2.45, 2.75) is 17.4 Å². The Kier molecular flexibility index (Phi) is 5.29. The molecule has 4 rings (SSSR count). The summed E-state index contributed by atoms with van der Waals surface area (Å²) in [7, 11) is -3.68. The molecule has 3 aromatic rings. The Balaban J connectivity index is 1.50. The molecule has 0 aliphatic carbocycles. The van der Waals surface area contributed by atoms with Crippen molar-refractivity contribution in [3.63, 3.8) is 0 Å². The molecule has 1 aliphatic rings. The normalized spacial score (nSPS) is 18.6. The highest BCUT2D eigenvalue weighted by Gasteiger charge is 2.34. The average Bonchev–Trinajstić information content (AvgIpc) is 3.34. The largest absolute Gasteiger partial charge is 0.366 e. The van der Waals surface area contributed by atoms with Gasteiger partial charge in [-0.1, -0.05) is 28.9 Å². The van der Waals surface area contributed by atoms with E-state index < -0.39 is 16.1 Å². The first-order valence-corrected chi connectivity index (χ1v) is 10.9. The predicted octanol–water partition coefficient (Wildman–Crippen LogP) is 3.14. The van der Waals surface area contributed by atoms with Crippen LogP contribution >= 0.6 is 22.9 Å². The number of ether oxygens (including phenoxy) is 1. The van der Waals surface area contributed by atoms with Gasteiger partial charge in [0.15, 0.2) is 11.9 Å². The zero-order valence-corrected chi connectivity index (χ0v) is 16.5. The van der Waals surface area contributed by atoms with Crippen LogP contribution in [0.2, 0.25) is 5.02 Å². The highest BCUT2D eigenvalue weighted by molar-refractivity contribution is 7.89. The van der Waals surface area contributed by atoms with Crippen LogP contribution in [-0.4, -0.2) is 42.6 Å². The molecule has 2 aromatic heterocycles. The minimum Gasteiger partial charge on any atom is -0.366 e. The Morgan fingerprint density at radius 3 is 2.96 bits per heavy atom. The topological polar surface area (TPSA) is 85.5 Å². The van der Waals surface area contributed by atoms with Crippen LogP contribution < -0.4 is 0 Å². The summed E-state index contributed by atoms with van der Waals surface area (Å²) < 4.78 is 38.1. The number of morpholine rings is 1. The highest BCUT2D eigenvalue weighted by atomic mass is 35.5. The van der Waals surface area contributed by atoms with Gasteiger partial charge in [-0.15, -0.1) is 11.3 Å². The van der Waals surface area contributed by atoms with Gasteiger partial charge >= 0.3 is 0 Å². The number of rotatable bonds is 5. The zero-order valence-electron chi connectivity index (χ0n) is 14.1. The van der Waals surface area contributed by atoms with Gasteiger partial charge < -0.3 is 9.26 Å². The molecule has 0 bridgehead atoms. The SMILES string of the molecule is O=S(=O)(c1cccc(Cl)c1)N1CCO[C@H](c2nc(Cc3cccs3)no2)C1. The van der Waals surface area contributed by atoms with Crippen molar-refractivity contribution in [2.24, 2.45) is 0 Å². The summed E-state index contributed by atoms with van der Waals surface area (Å²) in [4.78, 5) is 5.65. The van der Waals surface area contributed by atoms with Crippen LogP contribution in [0.4, 0.5) is 0 Å². The molecule has 1 aromatic carbocycles. The van der Waals surface area contributed by atoms with Crippen molar-refractivity contribution < 1.29 is 17.7 Å². The van der Waals surface area contributed by atoms with Gasteiger partial charge in [0.05, 0.1) is 11.5 Å². The summed E-state index contributed by atoms with van der Waals surface area (Å²) in [6.45, 7) is 0.601. The van der Waals surface area contributed by atoms with E-state index in [1.807, 2.05) is 17.5 Å². The van der Waals surface area contributed by atoms with Crippen molar-refractivity contribution >= 4 is 33.0 Å². The van der Waals surface area contributed by atoms with Crippen LogP contribution in [0.1, 0.15) is 22.7 Å². The molecule has 0 spiro atoms. The molecule has 1 aliphatic heterocycles. The van der Waals surface area contributed by atoms with Crippen molar-refractivity contribution in [1.29, 1.82) is 0 Å². The Labute approximate surface area is 165 Å². The van der Waals surface area contributed by atoms with Gasteiger partial charge in [-0.3, -0.25) is 0 Å². The van der Waals surface area contributed by atoms with E-state index in [0.29, 0.717) is 17.3 Å². The van der Waals surface area contributed by atoms with E-state index in [9.17, 15) is 8.42 Å². The molecule has 142 valence electrons. The first-order valence-electron chi connectivity index (χ1n) is 8.24. The van der Waals surface area contributed by atoms with Gasteiger partial charge in [-0.05, 0) is 29.6 Å². The summed E-state index contributed by atoms with van der Waals surface area (Å²) in [5.74, 6) is 0.832. The second-order valence-corrected chi connectivity index (χ2v) is 9.39. The Hall–Kier alpha value is -1.78. The van der Waals surface area contributed by atoms with Crippen LogP contribution in [0.3, 0.4) is 0 Å². The summed E-state index contributed by atoms with van der Waals surface area (Å²) in [5, 5.41) is 6.33. The Bertz CT molecular complexity index is 1020. The smallest absolute Gasteiger partial charge is 0.257 e. The number of aromatic nitrogens is 2. The minimum atomic E-state index is -3.68. The quantitative estimate of drug-likeness (QED) is 0.624. The molecular formula is C17H16ClN3O4S2. The molecule has 1 atom stereocenters. The average molecular weight is 426 g/mol. The first kappa shape index (κ1) is 18.6. The van der Waals surface area contributed by atoms with E-state index in [1.165, 1.54) is 16.4 Å². The number of nitrogens with zero attached hydrogens (tertiary/aromatic N) is 3. The van der Waals surface area contributed by atoms with Gasteiger partial charge in [0.25, 0.3) is 5.89 Å². The number of halogens is 1. The number of sulfonamides is 1. The molecule has 10 heteroatoms. The fourth-order valence-corrected chi connectivity index (χ4v) is 5.24. The Morgan fingerprint density at radius 1 is 1.30 bits per heavy atom. The lowest BCUT2D eigenvalue weighted by Gasteiger charge is -2.30. The summed E-state index contributed by atoms with van der Waals surface area (Å²) >= 11 is 7.55. The molecule has 0 radical (unpaired) electrons. The van der Waals surface area contributed by atoms with E-state index in [0.717, 1.165) is 4.88 Å². The highest BCUT2D eigenvalue weighted by Crippen LogP contribution is 2.27. The van der Waals surface area contributed by atoms with Crippen molar-refractivity contribution in [3.05, 3.63) is 63.4 Å². The molecule has 0 saturated carbocycles. The Morgan fingerprint density at radius 2 is 2.19 bits per heavy atom. The summed E-state index contributed by atoms with van der Waals surface area (Å²) in [5.41, 5.74) is 0. The maximum absolute atomic E-state index is 12.9. The third kappa shape index (κ3) is 4.07. The van der Waals surface area contributed by atoms with E-state index >= 15 is 0 Å². The van der Waals surface area contributed by atoms with Crippen LogP contribution in [0.5, 0.6) is 0 Å². The monoisotopic (exact) mass is 425 g/mol. The standard InChI is InChI=1S/C17H16ClN3O4S2/c18-12-3-1-5-14(9-12)27(22,23)21-6-7-24-15(11-21)17-19-16(20-25-17)10-13-4-2-8-26-13/h1-5,8-9,15H,6-7,10-11H2/t15-/m0/s1. The zero-order chi connectivity index (χ0) is 18.9. The van der Waals surface area contributed by atoms with Gasteiger partial charge in [0, 0.05) is 29.4 Å². The van der Waals surface area contributed by atoms with Crippen molar-refractivity contribution in [2.75, 3.05) is 19.7 Å². The second kappa shape index (κ2) is 7.69. The van der Waals surface area contributed by atoms with Gasteiger partial charge in [-0.2, -0.15) is 9.29 Å². The molecule has 1 saturated heterocycles. The lowest BCUT2D eigenvalue weighted by Crippen LogP contribution is -2.42. The minimum absolute atomic E-state index is 0.107. The second-order valence-electron chi connectivity index (χ2n) is 5.98. The molecule has 7 nitrogen and oxygen atoms in total. The first-order chi connectivity index (χ1) is 13.0. The molecule has 0 N–H and O–H groups in total. The molecule has 0 amide bonds. The summed E-state index contributed by atoms with van der Waals surface area (Å²) in [6.07, 6.45) is -0.0319. The number of benzene rings is 1. The van der Waals surface area contributed by atoms with Crippen LogP contribution in [0.25, 0.3) is 0 Å². The van der Waals surface area contributed by atoms with Gasteiger partial charge in [0.1, 0.15) is 0 Å². The van der Waals surface area contributed by atoms with Crippen LogP contribution in [0, 0.1) is 0 Å². The van der Waals surface area contributed by atoms with Gasteiger partial charge in [-0.25, -0.2) is 8.42 Å². The van der Waals surface area contributed by atoms with Gasteiger partial charge in [0.2, 0.25) is 10.0 Å². The molecular weight excluding hydrogens is 410 g/mol. The number of thiophene rings is 1. The molecule has 3 heterocycles. The predicted molar refractivity (Wildman–Crippen MR) is 100 cm³/mol. The van der Waals surface area contributed by atoms with E-state index in [-0.39, 0.29) is 30.5 Å². The lowest BCUT2D eigenvalue weighted by atomic mass is 10.3. The number of hydrogen-bond acceptors (Lipinski definition) is 7. The third-order valence-corrected chi connectivity index (χ3v) is 7.11. The maximum Gasteiger partial charge on any atom is 0.257 e. The summed E-state index contributed by atoms with van der Waals surface area (Å²) in [6, 6.07) is 10.2. The molecule has 27 heavy (non-hydrogen) atoms. The van der Waals surface area contributed by atoms with E-state index in [4.69, 9.17) is 20.9 Å². The number of hydrogen-bond donors (Lipinski definition) is 0. The fraction of sp³-hybridized carbons (Fsp3) is 0.294. The van der Waals surface area contributed by atoms with Crippen molar-refractivity contribution in [1.82, 2.24) is 14.4 Å². The van der Waals surface area contributed by atoms with Crippen molar-refractivity contribution in [3.8, 4) is 0 Å². The van der Waals surface area contributed by atoms with E-state index in [2.05, 4.69) is 10.1 Å². The lowest BCUT2D eigenvalue weighted by molar-refractivity contribution is -0.0199. The molecule has 0 unspecified atom stereocenters. The molecule has 1 fully saturated rings.